The van der Waals surface area contributed by atoms with Crippen molar-refractivity contribution in [2.75, 3.05) is 14.2 Å². The highest BCUT2D eigenvalue weighted by atomic mass is 19.1. The summed E-state index contributed by atoms with van der Waals surface area (Å²) in [7, 11) is 3.42. The standard InChI is InChI=1S/C40H53FN4O3/c1-7-10-20-39-27-32-28-43-45(35-16-14-34(41)15-17-35)36(32)26-33(39)18-22-40(39,47)21-11-13-31(37(48-6)19-23-42)25-38(46)44(5)29(4)24-30(9-3)12-8-2/h8-9,12,14-17,19,23,26,28-29,47H,2-3,7,10-11,13,18,20-22,24-25,27,42H2,1,4-6H3/b23-19-,30-12+,37-31-/t29?,39?,40-/m0/s1. The van der Waals surface area contributed by atoms with Gasteiger partial charge in [0.25, 0.3) is 0 Å². The second-order valence-electron chi connectivity index (χ2n) is 13.3. The minimum Gasteiger partial charge on any atom is -0.497 e. The first-order valence-electron chi connectivity index (χ1n) is 17.2. The number of aliphatic hydroxyl groups is 1. The van der Waals surface area contributed by atoms with Gasteiger partial charge in [0, 0.05) is 18.5 Å². The van der Waals surface area contributed by atoms with Crippen molar-refractivity contribution in [1.29, 1.82) is 0 Å². The van der Waals surface area contributed by atoms with Crippen LogP contribution in [0.5, 0.6) is 0 Å². The summed E-state index contributed by atoms with van der Waals surface area (Å²) in [4.78, 5) is 15.3. The number of hydrogen-bond acceptors (Lipinski definition) is 5. The molecule has 0 spiro atoms. The summed E-state index contributed by atoms with van der Waals surface area (Å²) in [6.45, 7) is 11.9. The van der Waals surface area contributed by atoms with Gasteiger partial charge in [-0.25, -0.2) is 9.07 Å². The lowest BCUT2D eigenvalue weighted by Crippen LogP contribution is -2.47. The summed E-state index contributed by atoms with van der Waals surface area (Å²) in [5.41, 5.74) is 10.5. The maximum atomic E-state index is 13.6. The Morgan fingerprint density at radius 2 is 2.00 bits per heavy atom. The van der Waals surface area contributed by atoms with E-state index >= 15 is 0 Å². The fourth-order valence-corrected chi connectivity index (χ4v) is 7.60. The molecule has 8 heteroatoms. The largest absolute Gasteiger partial charge is 0.497 e. The smallest absolute Gasteiger partial charge is 0.226 e. The topological polar surface area (TPSA) is 93.6 Å². The maximum Gasteiger partial charge on any atom is 0.226 e. The third-order valence-corrected chi connectivity index (χ3v) is 10.5. The normalized spacial score (nSPS) is 21.6. The van der Waals surface area contributed by atoms with E-state index in [4.69, 9.17) is 10.5 Å². The zero-order valence-electron chi connectivity index (χ0n) is 29.2. The van der Waals surface area contributed by atoms with Gasteiger partial charge in [0.15, 0.2) is 0 Å². The van der Waals surface area contributed by atoms with E-state index in [9.17, 15) is 14.3 Å². The molecule has 2 unspecified atom stereocenters. The van der Waals surface area contributed by atoms with Crippen molar-refractivity contribution >= 4 is 12.0 Å². The predicted octanol–water partition coefficient (Wildman–Crippen LogP) is 8.12. The number of nitrogens with zero attached hydrogens (tertiary/aromatic N) is 3. The summed E-state index contributed by atoms with van der Waals surface area (Å²) in [5, 5.41) is 17.2. The van der Waals surface area contributed by atoms with Crippen molar-refractivity contribution in [3.63, 3.8) is 0 Å². The van der Waals surface area contributed by atoms with Crippen LogP contribution in [0.4, 0.5) is 4.39 Å². The summed E-state index contributed by atoms with van der Waals surface area (Å²) in [6, 6.07) is 6.35. The lowest BCUT2D eigenvalue weighted by Gasteiger charge is -2.45. The first-order valence-corrected chi connectivity index (χ1v) is 17.2. The maximum absolute atomic E-state index is 13.6. The van der Waals surface area contributed by atoms with Crippen LogP contribution in [-0.2, 0) is 16.0 Å². The van der Waals surface area contributed by atoms with Gasteiger partial charge in [-0.2, -0.15) is 5.10 Å². The molecule has 1 heterocycles. The lowest BCUT2D eigenvalue weighted by atomic mass is 9.62. The van der Waals surface area contributed by atoms with E-state index in [1.165, 1.54) is 23.9 Å². The minimum absolute atomic E-state index is 0.0123. The molecule has 48 heavy (non-hydrogen) atoms. The van der Waals surface area contributed by atoms with Gasteiger partial charge in [0.1, 0.15) is 11.6 Å². The number of halogens is 1. The van der Waals surface area contributed by atoms with Crippen LogP contribution in [-0.4, -0.2) is 51.5 Å². The van der Waals surface area contributed by atoms with Gasteiger partial charge in [-0.3, -0.25) is 4.79 Å². The van der Waals surface area contributed by atoms with Gasteiger partial charge in [0.2, 0.25) is 5.91 Å². The van der Waals surface area contributed by atoms with Crippen LogP contribution in [0, 0.1) is 11.2 Å². The van der Waals surface area contributed by atoms with Gasteiger partial charge < -0.3 is 20.5 Å². The highest BCUT2D eigenvalue weighted by molar-refractivity contribution is 5.79. The number of methoxy groups -OCH3 is 1. The highest BCUT2D eigenvalue weighted by Crippen LogP contribution is 2.59. The average molecular weight is 657 g/mol. The summed E-state index contributed by atoms with van der Waals surface area (Å²) < 4.78 is 21.2. The number of aromatic nitrogens is 2. The number of benzene rings is 1. The average Bonchev–Trinajstić information content (AvgIpc) is 3.61. The van der Waals surface area contributed by atoms with Gasteiger partial charge in [-0.15, -0.1) is 0 Å². The molecule has 3 atom stereocenters. The number of carbonyl (C=O) groups is 1. The Morgan fingerprint density at radius 3 is 2.65 bits per heavy atom. The Balaban J connectivity index is 1.55. The van der Waals surface area contributed by atoms with Crippen LogP contribution in [0.15, 0.2) is 96.6 Å². The van der Waals surface area contributed by atoms with Crippen molar-refractivity contribution in [1.82, 2.24) is 14.7 Å². The predicted molar refractivity (Wildman–Crippen MR) is 193 cm³/mol. The number of hydrogen-bond donors (Lipinski definition) is 2. The van der Waals surface area contributed by atoms with Crippen LogP contribution in [0.25, 0.3) is 11.8 Å². The van der Waals surface area contributed by atoms with E-state index in [0.29, 0.717) is 44.3 Å². The van der Waals surface area contributed by atoms with Gasteiger partial charge in [-0.1, -0.05) is 56.7 Å². The quantitative estimate of drug-likeness (QED) is 0.133. The second-order valence-corrected chi connectivity index (χ2v) is 13.3. The first kappa shape index (κ1) is 36.7. The third kappa shape index (κ3) is 7.75. The van der Waals surface area contributed by atoms with Crippen molar-refractivity contribution in [2.45, 2.75) is 96.1 Å². The Bertz CT molecular complexity index is 1580. The van der Waals surface area contributed by atoms with Crippen LogP contribution in [0.3, 0.4) is 0 Å². The number of amides is 1. The van der Waals surface area contributed by atoms with Crippen molar-refractivity contribution < 1.29 is 19.0 Å². The van der Waals surface area contributed by atoms with Gasteiger partial charge in [0.05, 0.1) is 36.7 Å². The lowest BCUT2D eigenvalue weighted by molar-refractivity contribution is -0.131. The Hall–Kier alpha value is -4.17. The molecule has 1 fully saturated rings. The molecule has 258 valence electrons. The molecule has 2 aromatic rings. The third-order valence-electron chi connectivity index (χ3n) is 10.5. The number of rotatable bonds is 17. The van der Waals surface area contributed by atoms with E-state index in [2.05, 4.69) is 31.3 Å². The van der Waals surface area contributed by atoms with Crippen LogP contribution in [0.2, 0.25) is 0 Å². The molecule has 3 N–H and O–H groups in total. The first-order chi connectivity index (χ1) is 23.1. The zero-order valence-corrected chi connectivity index (χ0v) is 29.2. The number of unbranched alkanes of at least 4 members (excludes halogenated alkanes) is 1. The number of fused-ring (bicyclic) bond motifs is 2. The summed E-state index contributed by atoms with van der Waals surface area (Å²) in [5.74, 6) is 0.291. The molecule has 0 radical (unpaired) electrons. The molecule has 1 aromatic carbocycles. The summed E-state index contributed by atoms with van der Waals surface area (Å²) >= 11 is 0. The van der Waals surface area contributed by atoms with Crippen molar-refractivity contribution in [3.8, 4) is 5.69 Å². The number of ether oxygens (including phenoxy) is 1. The fourth-order valence-electron chi connectivity index (χ4n) is 7.60. The van der Waals surface area contributed by atoms with Crippen LogP contribution < -0.4 is 5.73 Å². The SMILES string of the molecule is C=C/C=C(\C=C)CC(C)N(C)C(=O)C/C(CCC[C@]1(O)CCC2=Cc3c(cnn3-c3ccc(F)cc3)CC21CCCC)=C(/C=C\N)OC. The molecular formula is C40H53FN4O3. The second kappa shape index (κ2) is 16.3. The van der Waals surface area contributed by atoms with Gasteiger partial charge >= 0.3 is 0 Å². The molecule has 0 aliphatic heterocycles. The van der Waals surface area contributed by atoms with Crippen LogP contribution >= 0.6 is 0 Å². The molecule has 2 aliphatic carbocycles. The van der Waals surface area contributed by atoms with Crippen molar-refractivity contribution in [2.24, 2.45) is 11.1 Å². The van der Waals surface area contributed by atoms with E-state index < -0.39 is 5.60 Å². The number of carbonyl (C=O) groups excluding carboxylic acids is 1. The van der Waals surface area contributed by atoms with E-state index in [1.807, 2.05) is 30.9 Å². The Labute approximate surface area is 286 Å². The van der Waals surface area contributed by atoms with Crippen LogP contribution in [0.1, 0.15) is 89.3 Å². The molecule has 1 amide bonds. The zero-order chi connectivity index (χ0) is 34.9. The number of allylic oxidation sites excluding steroid dienone is 4. The Kier molecular flexibility index (Phi) is 12.4. The highest BCUT2D eigenvalue weighted by Gasteiger charge is 2.57. The molecular weight excluding hydrogens is 603 g/mol. The minimum atomic E-state index is -0.903. The number of nitrogens with two attached hydrogens (primary N) is 1. The molecule has 1 aromatic heterocycles. The van der Waals surface area contributed by atoms with Gasteiger partial charge in [-0.05, 0) is 118 Å². The molecule has 4 rings (SSSR count). The fraction of sp³-hybridized carbons (Fsp3) is 0.450. The monoisotopic (exact) mass is 656 g/mol. The Morgan fingerprint density at radius 1 is 1.25 bits per heavy atom. The molecule has 1 saturated carbocycles. The summed E-state index contributed by atoms with van der Waals surface area (Å²) in [6.07, 6.45) is 20.6. The van der Waals surface area contributed by atoms with Crippen molar-refractivity contribution in [3.05, 3.63) is 114 Å². The molecule has 0 saturated heterocycles. The molecule has 0 bridgehead atoms. The van der Waals surface area contributed by atoms with E-state index in [0.717, 1.165) is 53.8 Å². The molecule has 2 aliphatic rings. The van der Waals surface area contributed by atoms with E-state index in [-0.39, 0.29) is 29.6 Å². The van der Waals surface area contributed by atoms with E-state index in [1.54, 1.807) is 42.4 Å². The molecule has 7 nitrogen and oxygen atoms in total.